The van der Waals surface area contributed by atoms with E-state index in [0.717, 1.165) is 16.5 Å². The average molecular weight is 435 g/mol. The van der Waals surface area contributed by atoms with E-state index in [1.165, 1.54) is 24.3 Å². The normalized spacial score (nSPS) is 10.8. The molecule has 156 valence electrons. The number of nitrogens with one attached hydrogen (secondary N) is 2. The molecule has 0 atom stereocenters. The molecular weight excluding hydrogens is 415 g/mol. The molecule has 5 nitrogen and oxygen atoms in total. The molecular formula is C24H20ClFN4O. The van der Waals surface area contributed by atoms with Gasteiger partial charge in [0.2, 0.25) is 0 Å². The summed E-state index contributed by atoms with van der Waals surface area (Å²) in [6.45, 7) is 0.843. The van der Waals surface area contributed by atoms with Gasteiger partial charge in [0, 0.05) is 35.5 Å². The van der Waals surface area contributed by atoms with Crippen molar-refractivity contribution in [3.63, 3.8) is 0 Å². The molecule has 1 aromatic heterocycles. The Morgan fingerprint density at radius 3 is 2.48 bits per heavy atom. The smallest absolute Gasteiger partial charge is 0.251 e. The van der Waals surface area contributed by atoms with Gasteiger partial charge in [0.25, 0.3) is 5.91 Å². The van der Waals surface area contributed by atoms with Crippen molar-refractivity contribution in [3.05, 3.63) is 101 Å². The van der Waals surface area contributed by atoms with Gasteiger partial charge in [0.15, 0.2) is 0 Å². The lowest BCUT2D eigenvalue weighted by atomic mass is 10.1. The summed E-state index contributed by atoms with van der Waals surface area (Å²) in [5.74, 6) is 0.730. The summed E-state index contributed by atoms with van der Waals surface area (Å²) >= 11 is 6.16. The van der Waals surface area contributed by atoms with E-state index in [1.807, 2.05) is 42.5 Å². The summed E-state index contributed by atoms with van der Waals surface area (Å²) in [6, 6.07) is 20.9. The number of nitrogens with zero attached hydrogens (tertiary/aromatic N) is 2. The van der Waals surface area contributed by atoms with Crippen LogP contribution < -0.4 is 10.6 Å². The molecule has 4 rings (SSSR count). The molecule has 2 N–H and O–H groups in total. The molecule has 0 bridgehead atoms. The zero-order valence-corrected chi connectivity index (χ0v) is 17.4. The van der Waals surface area contributed by atoms with Crippen LogP contribution in [-0.2, 0) is 6.42 Å². The predicted molar refractivity (Wildman–Crippen MR) is 121 cm³/mol. The lowest BCUT2D eigenvalue weighted by Crippen LogP contribution is -2.29. The number of rotatable bonds is 7. The second kappa shape index (κ2) is 9.53. The van der Waals surface area contributed by atoms with Gasteiger partial charge in [-0.1, -0.05) is 41.9 Å². The molecule has 31 heavy (non-hydrogen) atoms. The fraction of sp³-hybridized carbons (Fsp3) is 0.125. The zero-order chi connectivity index (χ0) is 21.6. The first-order chi connectivity index (χ1) is 15.1. The van der Waals surface area contributed by atoms with Crippen LogP contribution in [0, 0.1) is 5.82 Å². The highest BCUT2D eigenvalue weighted by Crippen LogP contribution is 2.24. The first kappa shape index (κ1) is 20.8. The van der Waals surface area contributed by atoms with E-state index >= 15 is 0 Å². The van der Waals surface area contributed by atoms with Gasteiger partial charge >= 0.3 is 0 Å². The maximum Gasteiger partial charge on any atom is 0.251 e. The van der Waals surface area contributed by atoms with Crippen LogP contribution in [0.5, 0.6) is 0 Å². The van der Waals surface area contributed by atoms with Crippen LogP contribution in [0.3, 0.4) is 0 Å². The SMILES string of the molecule is O=C(NCCNc1nc(Cc2ccccc2)nc2cc(Cl)ccc12)c1ccc(F)cc1. The Morgan fingerprint density at radius 2 is 1.71 bits per heavy atom. The molecule has 3 aromatic carbocycles. The van der Waals surface area contributed by atoms with Crippen molar-refractivity contribution < 1.29 is 9.18 Å². The minimum Gasteiger partial charge on any atom is -0.368 e. The third kappa shape index (κ3) is 5.35. The van der Waals surface area contributed by atoms with E-state index < -0.39 is 0 Å². The lowest BCUT2D eigenvalue weighted by molar-refractivity contribution is 0.0955. The highest BCUT2D eigenvalue weighted by molar-refractivity contribution is 6.31. The third-order valence-electron chi connectivity index (χ3n) is 4.72. The van der Waals surface area contributed by atoms with E-state index in [-0.39, 0.29) is 11.7 Å². The predicted octanol–water partition coefficient (Wildman–Crippen LogP) is 4.86. The number of halogens is 2. The lowest BCUT2D eigenvalue weighted by Gasteiger charge is -2.12. The quantitative estimate of drug-likeness (QED) is 0.408. The number of amides is 1. The second-order valence-electron chi connectivity index (χ2n) is 7.00. The number of hydrogen-bond donors (Lipinski definition) is 2. The molecule has 0 saturated heterocycles. The first-order valence-corrected chi connectivity index (χ1v) is 10.2. The van der Waals surface area contributed by atoms with Gasteiger partial charge in [-0.15, -0.1) is 0 Å². The molecule has 1 amide bonds. The molecule has 0 aliphatic rings. The summed E-state index contributed by atoms with van der Waals surface area (Å²) in [5.41, 5.74) is 2.28. The van der Waals surface area contributed by atoms with E-state index in [4.69, 9.17) is 16.6 Å². The number of hydrogen-bond acceptors (Lipinski definition) is 4. The van der Waals surface area contributed by atoms with Gasteiger partial charge in [-0.05, 0) is 48.0 Å². The molecule has 0 unspecified atom stereocenters. The zero-order valence-electron chi connectivity index (χ0n) is 16.6. The topological polar surface area (TPSA) is 66.9 Å². The molecule has 0 aliphatic carbocycles. The van der Waals surface area contributed by atoms with Crippen molar-refractivity contribution in [2.24, 2.45) is 0 Å². The highest BCUT2D eigenvalue weighted by atomic mass is 35.5. The van der Waals surface area contributed by atoms with Gasteiger partial charge in [-0.25, -0.2) is 14.4 Å². The van der Waals surface area contributed by atoms with Crippen LogP contribution in [0.1, 0.15) is 21.7 Å². The van der Waals surface area contributed by atoms with E-state index in [1.54, 1.807) is 6.07 Å². The van der Waals surface area contributed by atoms with Gasteiger partial charge in [0.1, 0.15) is 17.5 Å². The largest absolute Gasteiger partial charge is 0.368 e. The van der Waals surface area contributed by atoms with Crippen LogP contribution in [0.15, 0.2) is 72.8 Å². The molecule has 0 aliphatic heterocycles. The van der Waals surface area contributed by atoms with Crippen LogP contribution in [-0.4, -0.2) is 29.0 Å². The molecule has 0 radical (unpaired) electrons. The highest BCUT2D eigenvalue weighted by Gasteiger charge is 2.10. The summed E-state index contributed by atoms with van der Waals surface area (Å²) in [4.78, 5) is 21.5. The first-order valence-electron chi connectivity index (χ1n) is 9.86. The van der Waals surface area contributed by atoms with Crippen molar-refractivity contribution in [1.29, 1.82) is 0 Å². The Balaban J connectivity index is 1.46. The van der Waals surface area contributed by atoms with Crippen molar-refractivity contribution in [3.8, 4) is 0 Å². The van der Waals surface area contributed by atoms with Crippen molar-refractivity contribution in [1.82, 2.24) is 15.3 Å². The maximum atomic E-state index is 13.0. The van der Waals surface area contributed by atoms with Crippen LogP contribution in [0.4, 0.5) is 10.2 Å². The second-order valence-corrected chi connectivity index (χ2v) is 7.44. The number of aromatic nitrogens is 2. The van der Waals surface area contributed by atoms with Gasteiger partial charge in [-0.3, -0.25) is 4.79 Å². The van der Waals surface area contributed by atoms with E-state index in [2.05, 4.69) is 15.6 Å². The Bertz CT molecular complexity index is 1200. The minimum absolute atomic E-state index is 0.258. The summed E-state index contributed by atoms with van der Waals surface area (Å²) in [5, 5.41) is 7.55. The van der Waals surface area contributed by atoms with Crippen molar-refractivity contribution >= 4 is 34.2 Å². The average Bonchev–Trinajstić information content (AvgIpc) is 2.77. The number of carbonyl (C=O) groups is 1. The third-order valence-corrected chi connectivity index (χ3v) is 4.95. The van der Waals surface area contributed by atoms with Gasteiger partial charge < -0.3 is 10.6 Å². The Morgan fingerprint density at radius 1 is 0.935 bits per heavy atom. The fourth-order valence-electron chi connectivity index (χ4n) is 3.20. The number of anilines is 1. The van der Waals surface area contributed by atoms with Crippen LogP contribution >= 0.6 is 11.6 Å². The molecule has 0 saturated carbocycles. The minimum atomic E-state index is -0.375. The van der Waals surface area contributed by atoms with Gasteiger partial charge in [0.05, 0.1) is 5.52 Å². The summed E-state index contributed by atoms with van der Waals surface area (Å²) in [6.07, 6.45) is 0.597. The van der Waals surface area contributed by atoms with Crippen LogP contribution in [0.25, 0.3) is 10.9 Å². The maximum absolute atomic E-state index is 13.0. The summed E-state index contributed by atoms with van der Waals surface area (Å²) in [7, 11) is 0. The van der Waals surface area contributed by atoms with Crippen molar-refractivity contribution in [2.75, 3.05) is 18.4 Å². The number of carbonyl (C=O) groups excluding carboxylic acids is 1. The number of fused-ring (bicyclic) bond motifs is 1. The van der Waals surface area contributed by atoms with Crippen molar-refractivity contribution in [2.45, 2.75) is 6.42 Å². The molecule has 1 heterocycles. The monoisotopic (exact) mass is 434 g/mol. The fourth-order valence-corrected chi connectivity index (χ4v) is 3.37. The van der Waals surface area contributed by atoms with Crippen LogP contribution in [0.2, 0.25) is 5.02 Å². The summed E-state index contributed by atoms with van der Waals surface area (Å²) < 4.78 is 13.0. The van der Waals surface area contributed by atoms with Gasteiger partial charge in [-0.2, -0.15) is 0 Å². The Labute approximate surface area is 184 Å². The standard InChI is InChI=1S/C24H20ClFN4O/c25-18-8-11-20-21(15-18)29-22(14-16-4-2-1-3-5-16)30-23(20)27-12-13-28-24(31)17-6-9-19(26)10-7-17/h1-11,15H,12-14H2,(H,28,31)(H,27,29,30). The molecule has 4 aromatic rings. The Hall–Kier alpha value is -3.51. The number of benzene rings is 3. The Kier molecular flexibility index (Phi) is 6.38. The van der Waals surface area contributed by atoms with E-state index in [0.29, 0.717) is 41.7 Å². The molecule has 0 fully saturated rings. The molecule has 7 heteroatoms. The molecule has 0 spiro atoms. The van der Waals surface area contributed by atoms with E-state index in [9.17, 15) is 9.18 Å².